The Morgan fingerprint density at radius 3 is 2.57 bits per heavy atom. The van der Waals surface area contributed by atoms with E-state index in [1.54, 1.807) is 40.2 Å². The summed E-state index contributed by atoms with van der Waals surface area (Å²) in [7, 11) is 3.15. The summed E-state index contributed by atoms with van der Waals surface area (Å²) in [5, 5.41) is 8.87. The first kappa shape index (κ1) is 21.6. The number of thioether (sulfide) groups is 1. The highest BCUT2D eigenvalue weighted by Crippen LogP contribution is 2.29. The molecule has 0 saturated carbocycles. The lowest BCUT2D eigenvalue weighted by Crippen LogP contribution is -2.30. The first-order chi connectivity index (χ1) is 13.3. The molecule has 0 spiro atoms. The number of aromatic nitrogens is 1. The molecule has 152 valence electrons. The van der Waals surface area contributed by atoms with Gasteiger partial charge in [-0.05, 0) is 32.9 Å². The molecule has 1 aromatic heterocycles. The molecule has 1 aromatic carbocycles. The predicted molar refractivity (Wildman–Crippen MR) is 108 cm³/mol. The number of amides is 2. The molecule has 8 nitrogen and oxygen atoms in total. The summed E-state index contributed by atoms with van der Waals surface area (Å²) >= 11 is 1.24. The largest absolute Gasteiger partial charge is 0.497 e. The Bertz CT molecular complexity index is 824. The van der Waals surface area contributed by atoms with E-state index in [-0.39, 0.29) is 23.6 Å². The standard InChI is InChI=1S/C19H25N3O5S/c1-11-8-17(22-27-11)21-19(24)13(3)28-10-18(23)20-12(2)15-7-6-14(25-4)9-16(15)26-5/h6-9,12-13H,10H2,1-5H3,(H,20,23)(H,21,22,24). The number of nitrogens with one attached hydrogen (secondary N) is 2. The molecule has 1 heterocycles. The van der Waals surface area contributed by atoms with E-state index < -0.39 is 5.25 Å². The van der Waals surface area contributed by atoms with Gasteiger partial charge < -0.3 is 24.6 Å². The maximum Gasteiger partial charge on any atom is 0.238 e. The minimum absolute atomic E-state index is 0.148. The lowest BCUT2D eigenvalue weighted by Gasteiger charge is -2.18. The maximum atomic E-state index is 12.3. The molecule has 9 heteroatoms. The molecule has 2 atom stereocenters. The van der Waals surface area contributed by atoms with Crippen LogP contribution in [0, 0.1) is 6.92 Å². The van der Waals surface area contributed by atoms with Crippen molar-refractivity contribution < 1.29 is 23.6 Å². The Morgan fingerprint density at radius 2 is 1.96 bits per heavy atom. The van der Waals surface area contributed by atoms with Crippen LogP contribution in [0.3, 0.4) is 0 Å². The number of rotatable bonds is 9. The van der Waals surface area contributed by atoms with Crippen LogP contribution in [0.1, 0.15) is 31.2 Å². The highest BCUT2D eigenvalue weighted by atomic mass is 32.2. The third-order valence-electron chi connectivity index (χ3n) is 4.00. The molecule has 2 aromatic rings. The van der Waals surface area contributed by atoms with Gasteiger partial charge in [-0.1, -0.05) is 5.16 Å². The zero-order valence-corrected chi connectivity index (χ0v) is 17.4. The van der Waals surface area contributed by atoms with Crippen LogP contribution in [0.5, 0.6) is 11.5 Å². The van der Waals surface area contributed by atoms with Gasteiger partial charge in [0.2, 0.25) is 11.8 Å². The van der Waals surface area contributed by atoms with Gasteiger partial charge in [-0.2, -0.15) is 0 Å². The molecule has 0 saturated heterocycles. The molecular weight excluding hydrogens is 382 g/mol. The maximum absolute atomic E-state index is 12.3. The SMILES string of the molecule is COc1ccc(C(C)NC(=O)CSC(C)C(=O)Nc2cc(C)on2)c(OC)c1. The van der Waals surface area contributed by atoms with E-state index in [0.29, 0.717) is 23.1 Å². The van der Waals surface area contributed by atoms with Crippen molar-refractivity contribution in [3.8, 4) is 11.5 Å². The van der Waals surface area contributed by atoms with Crippen LogP contribution < -0.4 is 20.1 Å². The number of hydrogen-bond acceptors (Lipinski definition) is 7. The minimum atomic E-state index is -0.423. The second-order valence-electron chi connectivity index (χ2n) is 6.16. The number of methoxy groups -OCH3 is 2. The molecule has 0 aliphatic rings. The second kappa shape index (κ2) is 10.0. The lowest BCUT2D eigenvalue weighted by atomic mass is 10.1. The van der Waals surface area contributed by atoms with Crippen molar-refractivity contribution in [2.75, 3.05) is 25.3 Å². The van der Waals surface area contributed by atoms with Gasteiger partial charge in [0.05, 0.1) is 31.3 Å². The van der Waals surface area contributed by atoms with Gasteiger partial charge >= 0.3 is 0 Å². The monoisotopic (exact) mass is 407 g/mol. The molecule has 2 amide bonds. The van der Waals surface area contributed by atoms with E-state index in [2.05, 4.69) is 15.8 Å². The van der Waals surface area contributed by atoms with Gasteiger partial charge in [0, 0.05) is 17.7 Å². The van der Waals surface area contributed by atoms with Crippen LogP contribution in [0.4, 0.5) is 5.82 Å². The summed E-state index contributed by atoms with van der Waals surface area (Å²) in [5.41, 5.74) is 0.842. The van der Waals surface area contributed by atoms with Gasteiger partial charge in [0.15, 0.2) is 5.82 Å². The molecule has 2 N–H and O–H groups in total. The Balaban J connectivity index is 1.85. The van der Waals surface area contributed by atoms with Crippen molar-refractivity contribution in [2.24, 2.45) is 0 Å². The van der Waals surface area contributed by atoms with Crippen molar-refractivity contribution in [1.29, 1.82) is 0 Å². The van der Waals surface area contributed by atoms with Crippen molar-refractivity contribution in [3.05, 3.63) is 35.6 Å². The zero-order chi connectivity index (χ0) is 20.7. The van der Waals surface area contributed by atoms with Gasteiger partial charge in [-0.25, -0.2) is 0 Å². The topological polar surface area (TPSA) is 103 Å². The normalized spacial score (nSPS) is 12.8. The van der Waals surface area contributed by atoms with Crippen LogP contribution >= 0.6 is 11.8 Å². The first-order valence-electron chi connectivity index (χ1n) is 8.71. The van der Waals surface area contributed by atoms with E-state index in [0.717, 1.165) is 5.56 Å². The predicted octanol–water partition coefficient (Wildman–Crippen LogP) is 2.94. The number of anilines is 1. The zero-order valence-electron chi connectivity index (χ0n) is 16.6. The van der Waals surface area contributed by atoms with Crippen LogP contribution in [0.15, 0.2) is 28.8 Å². The van der Waals surface area contributed by atoms with E-state index in [1.165, 1.54) is 11.8 Å². The number of nitrogens with zero attached hydrogens (tertiary/aromatic N) is 1. The summed E-state index contributed by atoms with van der Waals surface area (Å²) in [6.45, 7) is 5.34. The van der Waals surface area contributed by atoms with E-state index >= 15 is 0 Å². The molecule has 2 unspecified atom stereocenters. The Hall–Kier alpha value is -2.68. The fourth-order valence-electron chi connectivity index (χ4n) is 2.47. The van der Waals surface area contributed by atoms with Gasteiger partial charge in [-0.3, -0.25) is 9.59 Å². The van der Waals surface area contributed by atoms with Gasteiger partial charge in [0.1, 0.15) is 17.3 Å². The minimum Gasteiger partial charge on any atom is -0.497 e. The van der Waals surface area contributed by atoms with Gasteiger partial charge in [0.25, 0.3) is 0 Å². The number of carbonyl (C=O) groups excluding carboxylic acids is 2. The summed E-state index contributed by atoms with van der Waals surface area (Å²) < 4.78 is 15.5. The third-order valence-corrected chi connectivity index (χ3v) is 5.14. The van der Waals surface area contributed by atoms with Crippen LogP contribution in [-0.4, -0.2) is 42.2 Å². The molecular formula is C19H25N3O5S. The fourth-order valence-corrected chi connectivity index (χ4v) is 3.16. The van der Waals surface area contributed by atoms with E-state index in [4.69, 9.17) is 14.0 Å². The molecule has 28 heavy (non-hydrogen) atoms. The number of carbonyl (C=O) groups is 2. The van der Waals surface area contributed by atoms with Gasteiger partial charge in [-0.15, -0.1) is 11.8 Å². The number of aryl methyl sites for hydroxylation is 1. The lowest BCUT2D eigenvalue weighted by molar-refractivity contribution is -0.119. The Labute approximate surface area is 168 Å². The van der Waals surface area contributed by atoms with Crippen LogP contribution in [0.2, 0.25) is 0 Å². The first-order valence-corrected chi connectivity index (χ1v) is 9.76. The Morgan fingerprint density at radius 1 is 1.21 bits per heavy atom. The molecule has 0 fully saturated rings. The van der Waals surface area contributed by atoms with Crippen molar-refractivity contribution in [3.63, 3.8) is 0 Å². The number of ether oxygens (including phenoxy) is 2. The summed E-state index contributed by atoms with van der Waals surface area (Å²) in [5.74, 6) is 2.02. The molecule has 0 radical (unpaired) electrons. The summed E-state index contributed by atoms with van der Waals surface area (Å²) in [6, 6.07) is 6.81. The molecule has 0 bridgehead atoms. The van der Waals surface area contributed by atoms with Crippen molar-refractivity contribution in [1.82, 2.24) is 10.5 Å². The Kier molecular flexibility index (Phi) is 7.74. The quantitative estimate of drug-likeness (QED) is 0.659. The van der Waals surface area contributed by atoms with E-state index in [1.807, 2.05) is 19.1 Å². The van der Waals surface area contributed by atoms with E-state index in [9.17, 15) is 9.59 Å². The van der Waals surface area contributed by atoms with Crippen molar-refractivity contribution >= 4 is 29.4 Å². The summed E-state index contributed by atoms with van der Waals surface area (Å²) in [4.78, 5) is 24.4. The smallest absolute Gasteiger partial charge is 0.238 e. The fraction of sp³-hybridized carbons (Fsp3) is 0.421. The number of hydrogen-bond donors (Lipinski definition) is 2. The third kappa shape index (κ3) is 5.91. The second-order valence-corrected chi connectivity index (χ2v) is 7.49. The van der Waals surface area contributed by atoms with Crippen LogP contribution in [-0.2, 0) is 9.59 Å². The highest BCUT2D eigenvalue weighted by molar-refractivity contribution is 8.01. The molecule has 0 aliphatic heterocycles. The molecule has 0 aliphatic carbocycles. The molecule has 2 rings (SSSR count). The summed E-state index contributed by atoms with van der Waals surface area (Å²) in [6.07, 6.45) is 0. The highest BCUT2D eigenvalue weighted by Gasteiger charge is 2.19. The average Bonchev–Trinajstić information content (AvgIpc) is 3.09. The van der Waals surface area contributed by atoms with Crippen LogP contribution in [0.25, 0.3) is 0 Å². The van der Waals surface area contributed by atoms with Crippen molar-refractivity contribution in [2.45, 2.75) is 32.1 Å². The average molecular weight is 407 g/mol. The number of benzene rings is 1.